The molecule has 0 aliphatic rings. The zero-order valence-electron chi connectivity index (χ0n) is 18.4. The van der Waals surface area contributed by atoms with Gasteiger partial charge in [0.05, 0.1) is 11.6 Å². The average molecular weight is 483 g/mol. The van der Waals surface area contributed by atoms with Crippen LogP contribution in [-0.2, 0) is 14.3 Å². The molecule has 3 rings (SSSR count). The molecule has 176 valence electrons. The smallest absolute Gasteiger partial charge is 0.344 e. The summed E-state index contributed by atoms with van der Waals surface area (Å²) >= 11 is 5.94. The van der Waals surface area contributed by atoms with Gasteiger partial charge in [-0.3, -0.25) is 9.59 Å². The molecule has 0 aliphatic heterocycles. The summed E-state index contributed by atoms with van der Waals surface area (Å²) in [6.07, 6.45) is 0. The summed E-state index contributed by atoms with van der Waals surface area (Å²) < 4.78 is 15.5. The maximum absolute atomic E-state index is 12.4. The van der Waals surface area contributed by atoms with Gasteiger partial charge in [-0.1, -0.05) is 23.7 Å². The number of rotatable bonds is 10. The van der Waals surface area contributed by atoms with E-state index in [1.165, 1.54) is 0 Å². The summed E-state index contributed by atoms with van der Waals surface area (Å²) in [5.41, 5.74) is 1.49. The number of carbonyl (C=O) groups is 3. The number of anilines is 2. The largest absolute Gasteiger partial charge is 0.494 e. The van der Waals surface area contributed by atoms with Gasteiger partial charge in [-0.05, 0) is 67.6 Å². The maximum Gasteiger partial charge on any atom is 0.344 e. The van der Waals surface area contributed by atoms with Crippen LogP contribution in [0.25, 0.3) is 0 Å². The van der Waals surface area contributed by atoms with Crippen molar-refractivity contribution in [3.63, 3.8) is 0 Å². The van der Waals surface area contributed by atoms with Gasteiger partial charge in [0.2, 0.25) is 0 Å². The lowest BCUT2D eigenvalue weighted by molar-refractivity contribution is -0.149. The summed E-state index contributed by atoms with van der Waals surface area (Å²) in [7, 11) is 0. The van der Waals surface area contributed by atoms with Crippen molar-refractivity contribution in [2.75, 3.05) is 30.5 Å². The van der Waals surface area contributed by atoms with Crippen LogP contribution < -0.4 is 20.1 Å². The van der Waals surface area contributed by atoms with Crippen molar-refractivity contribution in [2.45, 2.75) is 6.92 Å². The van der Waals surface area contributed by atoms with Crippen molar-refractivity contribution in [1.82, 2.24) is 0 Å². The highest BCUT2D eigenvalue weighted by atomic mass is 35.5. The van der Waals surface area contributed by atoms with Crippen LogP contribution in [0.1, 0.15) is 17.3 Å². The van der Waals surface area contributed by atoms with Crippen LogP contribution in [0, 0.1) is 0 Å². The quantitative estimate of drug-likeness (QED) is 0.411. The predicted molar refractivity (Wildman–Crippen MR) is 129 cm³/mol. The molecule has 34 heavy (non-hydrogen) atoms. The number of nitrogens with one attached hydrogen (secondary N) is 2. The number of halogens is 1. The molecule has 3 aromatic carbocycles. The van der Waals surface area contributed by atoms with Gasteiger partial charge in [0.15, 0.2) is 13.2 Å². The van der Waals surface area contributed by atoms with Gasteiger partial charge < -0.3 is 24.8 Å². The third kappa shape index (κ3) is 7.53. The first-order chi connectivity index (χ1) is 16.4. The molecule has 0 saturated carbocycles. The van der Waals surface area contributed by atoms with Gasteiger partial charge in [0.1, 0.15) is 11.5 Å². The second-order valence-corrected chi connectivity index (χ2v) is 7.32. The van der Waals surface area contributed by atoms with Gasteiger partial charge in [0, 0.05) is 16.9 Å². The van der Waals surface area contributed by atoms with E-state index in [-0.39, 0.29) is 12.5 Å². The van der Waals surface area contributed by atoms with E-state index in [4.69, 9.17) is 25.8 Å². The molecule has 0 spiro atoms. The zero-order chi connectivity index (χ0) is 24.3. The predicted octanol–water partition coefficient (Wildman–Crippen LogP) is 4.55. The van der Waals surface area contributed by atoms with E-state index < -0.39 is 18.5 Å². The Hall–Kier alpha value is -4.04. The first-order valence-electron chi connectivity index (χ1n) is 10.4. The van der Waals surface area contributed by atoms with Gasteiger partial charge in [-0.2, -0.15) is 0 Å². The second kappa shape index (κ2) is 12.3. The Labute approximate surface area is 201 Å². The Morgan fingerprint density at radius 1 is 0.794 bits per heavy atom. The standard InChI is InChI=1S/C25H23ClN2O6/c1-2-32-20-13-11-19(12-14-20)28-25(31)17-7-9-18(10-8-17)27-23(29)15-34-24(30)16-33-22-6-4-3-5-21(22)26/h3-14H,2,15-16H2,1H3,(H,27,29)(H,28,31). The molecular weight excluding hydrogens is 460 g/mol. The van der Waals surface area contributed by atoms with Crippen molar-refractivity contribution in [3.8, 4) is 11.5 Å². The average Bonchev–Trinajstić information content (AvgIpc) is 2.84. The van der Waals surface area contributed by atoms with Crippen molar-refractivity contribution in [1.29, 1.82) is 0 Å². The summed E-state index contributed by atoms with van der Waals surface area (Å²) in [6, 6.07) is 20.0. The third-order valence-electron chi connectivity index (χ3n) is 4.40. The highest BCUT2D eigenvalue weighted by molar-refractivity contribution is 6.32. The normalized spacial score (nSPS) is 10.2. The van der Waals surface area contributed by atoms with Crippen LogP contribution >= 0.6 is 11.6 Å². The molecular formula is C25H23ClN2O6. The number of benzene rings is 3. The van der Waals surface area contributed by atoms with Crippen molar-refractivity contribution in [3.05, 3.63) is 83.4 Å². The molecule has 3 aromatic rings. The van der Waals surface area contributed by atoms with E-state index >= 15 is 0 Å². The SMILES string of the molecule is CCOc1ccc(NC(=O)c2ccc(NC(=O)COC(=O)COc3ccccc3Cl)cc2)cc1. The minimum absolute atomic E-state index is 0.297. The zero-order valence-corrected chi connectivity index (χ0v) is 19.1. The molecule has 2 amide bonds. The first kappa shape index (κ1) is 24.6. The summed E-state index contributed by atoms with van der Waals surface area (Å²) in [5.74, 6) is -0.472. The molecule has 0 bridgehead atoms. The van der Waals surface area contributed by atoms with Crippen LogP contribution in [0.15, 0.2) is 72.8 Å². The number of esters is 1. The first-order valence-corrected chi connectivity index (χ1v) is 10.8. The summed E-state index contributed by atoms with van der Waals surface area (Å²) in [5, 5.41) is 5.74. The van der Waals surface area contributed by atoms with E-state index in [2.05, 4.69) is 10.6 Å². The van der Waals surface area contributed by atoms with Gasteiger partial charge in [-0.15, -0.1) is 0 Å². The van der Waals surface area contributed by atoms with Crippen LogP contribution in [0.3, 0.4) is 0 Å². The minimum Gasteiger partial charge on any atom is -0.494 e. The molecule has 0 aliphatic carbocycles. The molecule has 9 heteroatoms. The maximum atomic E-state index is 12.4. The molecule has 0 heterocycles. The lowest BCUT2D eigenvalue weighted by Crippen LogP contribution is -2.23. The lowest BCUT2D eigenvalue weighted by atomic mass is 10.2. The third-order valence-corrected chi connectivity index (χ3v) is 4.71. The lowest BCUT2D eigenvalue weighted by Gasteiger charge is -2.10. The van der Waals surface area contributed by atoms with E-state index in [0.717, 1.165) is 5.75 Å². The van der Waals surface area contributed by atoms with E-state index in [1.54, 1.807) is 72.8 Å². The molecule has 0 unspecified atom stereocenters. The van der Waals surface area contributed by atoms with Crippen LogP contribution in [0.4, 0.5) is 11.4 Å². The van der Waals surface area contributed by atoms with E-state index in [0.29, 0.717) is 34.3 Å². The monoisotopic (exact) mass is 482 g/mol. The molecule has 2 N–H and O–H groups in total. The topological polar surface area (TPSA) is 103 Å². The van der Waals surface area contributed by atoms with Gasteiger partial charge >= 0.3 is 5.97 Å². The summed E-state index contributed by atoms with van der Waals surface area (Å²) in [4.78, 5) is 36.2. The molecule has 0 fully saturated rings. The number of carbonyl (C=O) groups excluding carboxylic acids is 3. The minimum atomic E-state index is -0.712. The number of hydrogen-bond acceptors (Lipinski definition) is 6. The fourth-order valence-electron chi connectivity index (χ4n) is 2.79. The number of ether oxygens (including phenoxy) is 3. The molecule has 0 saturated heterocycles. The number of hydrogen-bond donors (Lipinski definition) is 2. The molecule has 0 aromatic heterocycles. The number of amides is 2. The van der Waals surface area contributed by atoms with Gasteiger partial charge in [0.25, 0.3) is 11.8 Å². The number of para-hydroxylation sites is 1. The van der Waals surface area contributed by atoms with Crippen molar-refractivity contribution >= 4 is 40.8 Å². The summed E-state index contributed by atoms with van der Waals surface area (Å²) in [6.45, 7) is 1.60. The van der Waals surface area contributed by atoms with Crippen molar-refractivity contribution in [2.24, 2.45) is 0 Å². The Balaban J connectivity index is 1.42. The van der Waals surface area contributed by atoms with Crippen LogP contribution in [0.5, 0.6) is 11.5 Å². The Morgan fingerprint density at radius 2 is 1.44 bits per heavy atom. The molecule has 0 atom stereocenters. The Kier molecular flexibility index (Phi) is 8.88. The Morgan fingerprint density at radius 3 is 2.12 bits per heavy atom. The van der Waals surface area contributed by atoms with Crippen molar-refractivity contribution < 1.29 is 28.6 Å². The van der Waals surface area contributed by atoms with E-state index in [9.17, 15) is 14.4 Å². The fraction of sp³-hybridized carbons (Fsp3) is 0.160. The fourth-order valence-corrected chi connectivity index (χ4v) is 2.98. The highest BCUT2D eigenvalue weighted by Gasteiger charge is 2.11. The highest BCUT2D eigenvalue weighted by Crippen LogP contribution is 2.23. The van der Waals surface area contributed by atoms with E-state index in [1.807, 2.05) is 6.92 Å². The Bertz CT molecular complexity index is 1130. The van der Waals surface area contributed by atoms with Crippen LogP contribution in [-0.4, -0.2) is 37.6 Å². The van der Waals surface area contributed by atoms with Gasteiger partial charge in [-0.25, -0.2) is 4.79 Å². The van der Waals surface area contributed by atoms with Crippen LogP contribution in [0.2, 0.25) is 5.02 Å². The second-order valence-electron chi connectivity index (χ2n) is 6.92. The molecule has 8 nitrogen and oxygen atoms in total. The molecule has 0 radical (unpaired) electrons.